The largest absolute Gasteiger partial charge is 0.493 e. The first kappa shape index (κ1) is 21.9. The SMILES string of the molecule is COc1cc(NC(=S)N2CC[NH+](C/C=C/c3ccccc3)CC2)cc(OC)c1OC. The molecule has 3 rings (SSSR count). The summed E-state index contributed by atoms with van der Waals surface area (Å²) in [7, 11) is 4.80. The standard InChI is InChI=1S/C23H29N3O3S/c1-27-20-16-19(17-21(28-2)22(20)29-3)24-23(30)26-14-12-25(13-15-26)11-7-10-18-8-5-4-6-9-18/h4-10,16-17H,11-15H2,1-3H3,(H,24,30)/p+1/b10-7+. The smallest absolute Gasteiger partial charge is 0.203 e. The first-order valence-electron chi connectivity index (χ1n) is 10.1. The molecule has 1 fully saturated rings. The van der Waals surface area contributed by atoms with Gasteiger partial charge in [0.25, 0.3) is 0 Å². The van der Waals surface area contributed by atoms with Crippen molar-refractivity contribution in [3.63, 3.8) is 0 Å². The van der Waals surface area contributed by atoms with E-state index < -0.39 is 0 Å². The predicted octanol–water partition coefficient (Wildman–Crippen LogP) is 2.32. The van der Waals surface area contributed by atoms with Crippen LogP contribution in [0.25, 0.3) is 6.08 Å². The molecule has 0 amide bonds. The summed E-state index contributed by atoms with van der Waals surface area (Å²) in [5.41, 5.74) is 2.06. The molecule has 6 nitrogen and oxygen atoms in total. The monoisotopic (exact) mass is 428 g/mol. The molecule has 1 aliphatic rings. The van der Waals surface area contributed by atoms with Crippen LogP contribution in [0.5, 0.6) is 17.2 Å². The summed E-state index contributed by atoms with van der Waals surface area (Å²) in [5, 5.41) is 4.02. The third-order valence-electron chi connectivity index (χ3n) is 5.19. The first-order valence-corrected chi connectivity index (χ1v) is 10.5. The number of benzene rings is 2. The van der Waals surface area contributed by atoms with Gasteiger partial charge >= 0.3 is 0 Å². The molecule has 160 valence electrons. The number of piperazine rings is 1. The van der Waals surface area contributed by atoms with Gasteiger partial charge in [-0.05, 0) is 23.9 Å². The van der Waals surface area contributed by atoms with Crippen LogP contribution in [0.2, 0.25) is 0 Å². The van der Waals surface area contributed by atoms with E-state index in [-0.39, 0.29) is 0 Å². The van der Waals surface area contributed by atoms with E-state index in [1.165, 1.54) is 5.56 Å². The fraction of sp³-hybridized carbons (Fsp3) is 0.348. The second kappa shape index (κ2) is 10.8. The maximum atomic E-state index is 5.64. The van der Waals surface area contributed by atoms with Gasteiger partial charge in [-0.3, -0.25) is 0 Å². The second-order valence-electron chi connectivity index (χ2n) is 7.10. The maximum Gasteiger partial charge on any atom is 0.203 e. The molecule has 30 heavy (non-hydrogen) atoms. The first-order chi connectivity index (χ1) is 14.6. The van der Waals surface area contributed by atoms with E-state index in [4.69, 9.17) is 26.4 Å². The Bertz CT molecular complexity index is 840. The average Bonchev–Trinajstić information content (AvgIpc) is 2.79. The van der Waals surface area contributed by atoms with E-state index in [0.717, 1.165) is 38.4 Å². The van der Waals surface area contributed by atoms with E-state index in [0.29, 0.717) is 22.4 Å². The Balaban J connectivity index is 1.52. The van der Waals surface area contributed by atoms with Gasteiger partial charge in [-0.1, -0.05) is 36.4 Å². The zero-order valence-corrected chi connectivity index (χ0v) is 18.6. The van der Waals surface area contributed by atoms with Crippen LogP contribution in [0.1, 0.15) is 5.56 Å². The molecule has 0 unspecified atom stereocenters. The van der Waals surface area contributed by atoms with Gasteiger partial charge in [-0.15, -0.1) is 0 Å². The molecule has 2 aromatic rings. The topological polar surface area (TPSA) is 47.4 Å². The lowest BCUT2D eigenvalue weighted by Crippen LogP contribution is -3.14. The minimum absolute atomic E-state index is 0.567. The average molecular weight is 429 g/mol. The summed E-state index contributed by atoms with van der Waals surface area (Å²) in [6.45, 7) is 4.97. The Labute approximate surface area is 184 Å². The van der Waals surface area contributed by atoms with Crippen LogP contribution < -0.4 is 24.4 Å². The fourth-order valence-electron chi connectivity index (χ4n) is 3.51. The van der Waals surface area contributed by atoms with Crippen molar-refractivity contribution in [2.24, 2.45) is 0 Å². The zero-order chi connectivity index (χ0) is 21.3. The van der Waals surface area contributed by atoms with Gasteiger partial charge in [0.15, 0.2) is 16.6 Å². The summed E-state index contributed by atoms with van der Waals surface area (Å²) >= 11 is 5.64. The maximum absolute atomic E-state index is 5.64. The Morgan fingerprint density at radius 1 is 1.03 bits per heavy atom. The highest BCUT2D eigenvalue weighted by molar-refractivity contribution is 7.80. The van der Waals surface area contributed by atoms with Crippen LogP contribution in [0.3, 0.4) is 0 Å². The molecular weight excluding hydrogens is 398 g/mol. The number of anilines is 1. The number of hydrogen-bond donors (Lipinski definition) is 2. The van der Waals surface area contributed by atoms with Gasteiger partial charge in [0.2, 0.25) is 5.75 Å². The number of nitrogens with one attached hydrogen (secondary N) is 2. The van der Waals surface area contributed by atoms with Gasteiger partial charge < -0.3 is 29.3 Å². The molecule has 0 bridgehead atoms. The molecule has 2 N–H and O–H groups in total. The van der Waals surface area contributed by atoms with E-state index in [1.807, 2.05) is 18.2 Å². The normalized spacial score (nSPS) is 14.6. The number of ether oxygens (including phenoxy) is 3. The minimum Gasteiger partial charge on any atom is -0.493 e. The lowest BCUT2D eigenvalue weighted by molar-refractivity contribution is -0.897. The highest BCUT2D eigenvalue weighted by atomic mass is 32.1. The van der Waals surface area contributed by atoms with Crippen molar-refractivity contribution in [3.8, 4) is 17.2 Å². The van der Waals surface area contributed by atoms with Gasteiger partial charge in [0.05, 0.1) is 54.1 Å². The number of rotatable bonds is 7. The molecular formula is C23H30N3O3S+. The Morgan fingerprint density at radius 2 is 1.67 bits per heavy atom. The molecule has 2 aromatic carbocycles. The second-order valence-corrected chi connectivity index (χ2v) is 7.49. The minimum atomic E-state index is 0.567. The predicted molar refractivity (Wildman–Crippen MR) is 125 cm³/mol. The van der Waals surface area contributed by atoms with Crippen LogP contribution in [-0.4, -0.2) is 64.1 Å². The molecule has 0 aliphatic carbocycles. The molecule has 0 saturated carbocycles. The van der Waals surface area contributed by atoms with Crippen molar-refractivity contribution < 1.29 is 19.1 Å². The molecule has 0 radical (unpaired) electrons. The number of hydrogen-bond acceptors (Lipinski definition) is 4. The molecule has 7 heteroatoms. The highest BCUT2D eigenvalue weighted by Crippen LogP contribution is 2.39. The number of quaternary nitrogens is 1. The van der Waals surface area contributed by atoms with E-state index >= 15 is 0 Å². The van der Waals surface area contributed by atoms with Crippen molar-refractivity contribution in [1.82, 2.24) is 4.90 Å². The van der Waals surface area contributed by atoms with Crippen LogP contribution in [0, 0.1) is 0 Å². The van der Waals surface area contributed by atoms with Crippen molar-refractivity contribution in [2.45, 2.75) is 0 Å². The summed E-state index contributed by atoms with van der Waals surface area (Å²) in [6, 6.07) is 14.1. The van der Waals surface area contributed by atoms with Crippen molar-refractivity contribution >= 4 is 29.1 Å². The van der Waals surface area contributed by atoms with Gasteiger partial charge in [0, 0.05) is 17.8 Å². The Kier molecular flexibility index (Phi) is 7.93. The molecule has 0 aromatic heterocycles. The fourth-order valence-corrected chi connectivity index (χ4v) is 3.81. The highest BCUT2D eigenvalue weighted by Gasteiger charge is 2.21. The third-order valence-corrected chi connectivity index (χ3v) is 5.55. The third kappa shape index (κ3) is 5.64. The molecule has 0 atom stereocenters. The molecule has 0 spiro atoms. The Hall–Kier alpha value is -2.77. The summed E-state index contributed by atoms with van der Waals surface area (Å²) < 4.78 is 16.2. The molecule has 1 saturated heterocycles. The Morgan fingerprint density at radius 3 is 2.23 bits per heavy atom. The molecule has 1 aliphatic heterocycles. The number of thiocarbonyl (C=S) groups is 1. The van der Waals surface area contributed by atoms with Crippen LogP contribution in [0.4, 0.5) is 5.69 Å². The van der Waals surface area contributed by atoms with E-state index in [2.05, 4.69) is 46.6 Å². The van der Waals surface area contributed by atoms with Gasteiger partial charge in [-0.25, -0.2) is 0 Å². The summed E-state index contributed by atoms with van der Waals surface area (Å²) in [5.74, 6) is 1.76. The van der Waals surface area contributed by atoms with Gasteiger partial charge in [-0.2, -0.15) is 0 Å². The van der Waals surface area contributed by atoms with E-state index in [9.17, 15) is 0 Å². The van der Waals surface area contributed by atoms with Gasteiger partial charge in [0.1, 0.15) is 0 Å². The summed E-state index contributed by atoms with van der Waals surface area (Å²) in [4.78, 5) is 3.78. The lowest BCUT2D eigenvalue weighted by Gasteiger charge is -2.33. The molecule has 1 heterocycles. The van der Waals surface area contributed by atoms with Crippen LogP contribution >= 0.6 is 12.2 Å². The van der Waals surface area contributed by atoms with Crippen molar-refractivity contribution in [3.05, 3.63) is 54.1 Å². The van der Waals surface area contributed by atoms with Crippen molar-refractivity contribution in [2.75, 3.05) is 59.4 Å². The van der Waals surface area contributed by atoms with Crippen molar-refractivity contribution in [1.29, 1.82) is 0 Å². The van der Waals surface area contributed by atoms with E-state index in [1.54, 1.807) is 26.2 Å². The van der Waals surface area contributed by atoms with Crippen LogP contribution in [0.15, 0.2) is 48.5 Å². The quantitative estimate of drug-likeness (QED) is 0.660. The van der Waals surface area contributed by atoms with Crippen LogP contribution in [-0.2, 0) is 0 Å². The lowest BCUT2D eigenvalue weighted by atomic mass is 10.2. The zero-order valence-electron chi connectivity index (χ0n) is 17.8. The summed E-state index contributed by atoms with van der Waals surface area (Å²) in [6.07, 6.45) is 4.45. The number of methoxy groups -OCH3 is 3. The number of nitrogens with zero attached hydrogens (tertiary/aromatic N) is 1.